The van der Waals surface area contributed by atoms with Gasteiger partial charge in [0.25, 0.3) is 5.56 Å². The molecule has 4 rings (SSSR count). The summed E-state index contributed by atoms with van der Waals surface area (Å²) in [6.45, 7) is 1.20. The smallest absolute Gasteiger partial charge is 0.550 e. The number of carboxylic acid groups (broad SMARTS) is 1. The molecule has 3 heterocycles. The molecule has 0 radical (unpaired) electrons. The van der Waals surface area contributed by atoms with Crippen molar-refractivity contribution < 1.29 is 32.6 Å². The second kappa shape index (κ2) is 8.33. The molecule has 2 atom stereocenters. The maximum absolute atomic E-state index is 12.5. The van der Waals surface area contributed by atoms with Crippen LogP contribution < -0.4 is 15.4 Å². The van der Waals surface area contributed by atoms with E-state index in [0.29, 0.717) is 30.8 Å². The van der Waals surface area contributed by atoms with Gasteiger partial charge in [-0.3, -0.25) is 9.59 Å². The standard InChI is InChI=1S/C22H21F3N2O5/c23-22(24,25)32-16-3-1-14(2-4-16)17-5-6-19(29)27-11-13-9-15(21(17)27)12-26(10-13)18(28)7-8-20(30)31/h1-6,13,15H,7-12H2,(H,30,31)/p-1/t13-,15+/m0/s1. The van der Waals surface area contributed by atoms with Crippen molar-refractivity contribution in [2.24, 2.45) is 5.92 Å². The van der Waals surface area contributed by atoms with Crippen LogP contribution in [0.4, 0.5) is 13.2 Å². The van der Waals surface area contributed by atoms with E-state index < -0.39 is 12.3 Å². The molecule has 1 aromatic heterocycles. The van der Waals surface area contributed by atoms with Gasteiger partial charge in [0.2, 0.25) is 5.91 Å². The van der Waals surface area contributed by atoms with Crippen LogP contribution in [-0.4, -0.2) is 40.8 Å². The second-order valence-electron chi connectivity index (χ2n) is 8.12. The number of aromatic nitrogens is 1. The molecule has 1 saturated heterocycles. The molecule has 0 N–H and O–H groups in total. The fraction of sp³-hybridized carbons (Fsp3) is 0.409. The molecule has 2 aliphatic heterocycles. The molecule has 0 saturated carbocycles. The maximum Gasteiger partial charge on any atom is 0.573 e. The first kappa shape index (κ1) is 21.9. The van der Waals surface area contributed by atoms with Crippen LogP contribution in [0, 0.1) is 5.92 Å². The van der Waals surface area contributed by atoms with Crippen LogP contribution in [0.25, 0.3) is 11.1 Å². The second-order valence-corrected chi connectivity index (χ2v) is 8.12. The third kappa shape index (κ3) is 4.63. The average Bonchev–Trinajstić information content (AvgIpc) is 2.72. The number of amides is 1. The lowest BCUT2D eigenvalue weighted by Gasteiger charge is -2.43. The van der Waals surface area contributed by atoms with Crippen LogP contribution >= 0.6 is 0 Å². The number of halogens is 3. The Morgan fingerprint density at radius 1 is 1.03 bits per heavy atom. The molecule has 1 amide bonds. The lowest BCUT2D eigenvalue weighted by atomic mass is 9.80. The van der Waals surface area contributed by atoms with Gasteiger partial charge in [-0.15, -0.1) is 13.2 Å². The summed E-state index contributed by atoms with van der Waals surface area (Å²) in [6.07, 6.45) is -4.52. The van der Waals surface area contributed by atoms with Gasteiger partial charge in [0.15, 0.2) is 0 Å². The number of ether oxygens (including phenoxy) is 1. The molecule has 0 aliphatic carbocycles. The number of carboxylic acids is 1. The van der Waals surface area contributed by atoms with E-state index in [1.54, 1.807) is 15.5 Å². The molecule has 10 heteroatoms. The van der Waals surface area contributed by atoms with Crippen molar-refractivity contribution in [3.05, 3.63) is 52.4 Å². The average molecular weight is 449 g/mol. The third-order valence-electron chi connectivity index (χ3n) is 5.88. The van der Waals surface area contributed by atoms with Gasteiger partial charge in [0.1, 0.15) is 5.75 Å². The Morgan fingerprint density at radius 2 is 1.75 bits per heavy atom. The molecule has 2 aliphatic rings. The molecular formula is C22H20F3N2O5-. The number of likely N-dealkylation sites (tertiary alicyclic amines) is 1. The number of piperidine rings is 1. The van der Waals surface area contributed by atoms with Crippen molar-refractivity contribution in [1.82, 2.24) is 9.47 Å². The molecule has 0 spiro atoms. The van der Waals surface area contributed by atoms with E-state index in [4.69, 9.17) is 0 Å². The summed E-state index contributed by atoms with van der Waals surface area (Å²) in [5.41, 5.74) is 1.89. The van der Waals surface area contributed by atoms with E-state index in [2.05, 4.69) is 4.74 Å². The van der Waals surface area contributed by atoms with Gasteiger partial charge >= 0.3 is 6.36 Å². The van der Waals surface area contributed by atoms with Crippen LogP contribution in [-0.2, 0) is 16.1 Å². The summed E-state index contributed by atoms with van der Waals surface area (Å²) in [5, 5.41) is 10.7. The van der Waals surface area contributed by atoms with Gasteiger partial charge in [0, 0.05) is 55.3 Å². The van der Waals surface area contributed by atoms with Crippen LogP contribution in [0.5, 0.6) is 5.75 Å². The summed E-state index contributed by atoms with van der Waals surface area (Å²) in [6, 6.07) is 8.51. The highest BCUT2D eigenvalue weighted by atomic mass is 19.4. The number of carbonyl (C=O) groups excluding carboxylic acids is 2. The zero-order valence-electron chi connectivity index (χ0n) is 16.9. The van der Waals surface area contributed by atoms with Crippen molar-refractivity contribution in [3.8, 4) is 16.9 Å². The Kier molecular flexibility index (Phi) is 5.70. The van der Waals surface area contributed by atoms with Crippen molar-refractivity contribution in [1.29, 1.82) is 0 Å². The van der Waals surface area contributed by atoms with Crippen molar-refractivity contribution in [2.75, 3.05) is 13.1 Å². The van der Waals surface area contributed by atoms with Crippen LogP contribution in [0.1, 0.15) is 30.9 Å². The van der Waals surface area contributed by atoms with Gasteiger partial charge in [-0.25, -0.2) is 0 Å². The van der Waals surface area contributed by atoms with Gasteiger partial charge in [-0.05, 0) is 42.5 Å². The fourth-order valence-electron chi connectivity index (χ4n) is 4.67. The third-order valence-corrected chi connectivity index (χ3v) is 5.88. The first-order chi connectivity index (χ1) is 15.1. The molecule has 1 aromatic carbocycles. The van der Waals surface area contributed by atoms with Crippen LogP contribution in [0.2, 0.25) is 0 Å². The predicted octanol–water partition coefficient (Wildman–Crippen LogP) is 1.89. The van der Waals surface area contributed by atoms with Gasteiger partial charge in [-0.1, -0.05) is 12.1 Å². The minimum Gasteiger partial charge on any atom is -0.550 e. The van der Waals surface area contributed by atoms with Gasteiger partial charge < -0.3 is 24.1 Å². The van der Waals surface area contributed by atoms with Crippen LogP contribution in [0.15, 0.2) is 41.2 Å². The Hall–Kier alpha value is -3.30. The summed E-state index contributed by atoms with van der Waals surface area (Å²) < 4.78 is 42.9. The first-order valence-corrected chi connectivity index (χ1v) is 10.2. The molecule has 7 nitrogen and oxygen atoms in total. The van der Waals surface area contributed by atoms with Gasteiger partial charge in [0.05, 0.1) is 0 Å². The summed E-state index contributed by atoms with van der Waals surface area (Å²) >= 11 is 0. The van der Waals surface area contributed by atoms with E-state index in [9.17, 15) is 32.7 Å². The summed E-state index contributed by atoms with van der Waals surface area (Å²) in [5.74, 6) is -1.99. The monoisotopic (exact) mass is 449 g/mol. The number of fused-ring (bicyclic) bond motifs is 4. The Labute approximate surface area is 181 Å². The number of benzene rings is 1. The SMILES string of the molecule is O=C([O-])CCC(=O)N1C[C@@H]2C[C@H](C1)c1c(-c3ccc(OC(F)(F)F)cc3)ccc(=O)n1C2. The van der Waals surface area contributed by atoms with Crippen molar-refractivity contribution >= 4 is 11.9 Å². The first-order valence-electron chi connectivity index (χ1n) is 10.2. The van der Waals surface area contributed by atoms with Crippen molar-refractivity contribution in [3.63, 3.8) is 0 Å². The van der Waals surface area contributed by atoms with Crippen molar-refractivity contribution in [2.45, 2.75) is 38.1 Å². The van der Waals surface area contributed by atoms with E-state index in [-0.39, 0.29) is 41.9 Å². The summed E-state index contributed by atoms with van der Waals surface area (Å²) in [7, 11) is 0. The lowest BCUT2D eigenvalue weighted by molar-refractivity contribution is -0.305. The Morgan fingerprint density at radius 3 is 2.41 bits per heavy atom. The number of hydrogen-bond acceptors (Lipinski definition) is 5. The molecule has 32 heavy (non-hydrogen) atoms. The number of rotatable bonds is 5. The zero-order valence-corrected chi connectivity index (χ0v) is 16.9. The van der Waals surface area contributed by atoms with Gasteiger partial charge in [-0.2, -0.15) is 0 Å². The lowest BCUT2D eigenvalue weighted by Crippen LogP contribution is -2.49. The van der Waals surface area contributed by atoms with E-state index in [1.165, 1.54) is 30.3 Å². The highest BCUT2D eigenvalue weighted by Crippen LogP contribution is 2.40. The molecule has 170 valence electrons. The highest BCUT2D eigenvalue weighted by Gasteiger charge is 2.37. The number of alkyl halides is 3. The molecular weight excluding hydrogens is 429 g/mol. The quantitative estimate of drug-likeness (QED) is 0.695. The normalized spacial score (nSPS) is 19.9. The largest absolute Gasteiger partial charge is 0.573 e. The minimum atomic E-state index is -4.79. The molecule has 2 bridgehead atoms. The Balaban J connectivity index is 1.64. The maximum atomic E-state index is 12.5. The molecule has 1 fully saturated rings. The fourth-order valence-corrected chi connectivity index (χ4v) is 4.67. The van der Waals surface area contributed by atoms with E-state index >= 15 is 0 Å². The Bertz CT molecular complexity index is 1090. The van der Waals surface area contributed by atoms with E-state index in [1.807, 2.05) is 0 Å². The minimum absolute atomic E-state index is 0.0589. The number of carbonyl (C=O) groups is 2. The highest BCUT2D eigenvalue weighted by molar-refractivity contribution is 5.80. The van der Waals surface area contributed by atoms with E-state index in [0.717, 1.165) is 12.1 Å². The molecule has 2 aromatic rings. The predicted molar refractivity (Wildman–Crippen MR) is 104 cm³/mol. The number of pyridine rings is 1. The zero-order chi connectivity index (χ0) is 23.0. The topological polar surface area (TPSA) is 91.7 Å². The van der Waals surface area contributed by atoms with Crippen LogP contribution in [0.3, 0.4) is 0 Å². The number of nitrogens with zero attached hydrogens (tertiary/aromatic N) is 2. The number of aliphatic carboxylic acids is 1. The summed E-state index contributed by atoms with van der Waals surface area (Å²) in [4.78, 5) is 37.4. The number of hydrogen-bond donors (Lipinski definition) is 0. The molecule has 0 unspecified atom stereocenters.